The van der Waals surface area contributed by atoms with Crippen molar-refractivity contribution < 1.29 is 9.90 Å². The third-order valence-electron chi connectivity index (χ3n) is 4.17. The molecule has 0 heterocycles. The third kappa shape index (κ3) is 2.91. The van der Waals surface area contributed by atoms with E-state index in [2.05, 4.69) is 19.2 Å². The largest absolute Gasteiger partial charge is 0.480 e. The standard InChI is InChI=1S/C16H23NO2/c1-12-7-4-5-8-13(12)17-16(14(18)19)10-6-9-15(2,3)11-16/h4-5,7-8,17H,6,9-11H2,1-3H3,(H,18,19). The van der Waals surface area contributed by atoms with Crippen LogP contribution in [-0.2, 0) is 4.79 Å². The number of aryl methyl sites for hydroxylation is 1. The second-order valence-electron chi connectivity index (χ2n) is 6.52. The number of hydrogen-bond donors (Lipinski definition) is 2. The fourth-order valence-corrected chi connectivity index (χ4v) is 3.18. The molecule has 2 rings (SSSR count). The van der Waals surface area contributed by atoms with Crippen LogP contribution in [0.25, 0.3) is 0 Å². The van der Waals surface area contributed by atoms with E-state index in [1.807, 2.05) is 31.2 Å². The monoisotopic (exact) mass is 261 g/mol. The van der Waals surface area contributed by atoms with Gasteiger partial charge in [0.1, 0.15) is 5.54 Å². The molecule has 2 N–H and O–H groups in total. The number of hydrogen-bond acceptors (Lipinski definition) is 2. The third-order valence-corrected chi connectivity index (χ3v) is 4.17. The Morgan fingerprint density at radius 2 is 1.95 bits per heavy atom. The second-order valence-corrected chi connectivity index (χ2v) is 6.52. The van der Waals surface area contributed by atoms with Crippen molar-refractivity contribution in [3.8, 4) is 0 Å². The predicted molar refractivity (Wildman–Crippen MR) is 77.4 cm³/mol. The lowest BCUT2D eigenvalue weighted by Gasteiger charge is -2.43. The van der Waals surface area contributed by atoms with Gasteiger partial charge in [-0.05, 0) is 49.7 Å². The van der Waals surface area contributed by atoms with Gasteiger partial charge in [-0.1, -0.05) is 32.0 Å². The van der Waals surface area contributed by atoms with E-state index in [4.69, 9.17) is 0 Å². The Bertz CT molecular complexity index is 481. The molecule has 1 aliphatic rings. The van der Waals surface area contributed by atoms with Crippen molar-refractivity contribution in [2.45, 2.75) is 52.0 Å². The summed E-state index contributed by atoms with van der Waals surface area (Å²) in [6.45, 7) is 6.32. The summed E-state index contributed by atoms with van der Waals surface area (Å²) in [5.74, 6) is -0.733. The van der Waals surface area contributed by atoms with Gasteiger partial charge in [-0.3, -0.25) is 0 Å². The molecule has 1 atom stereocenters. The number of benzene rings is 1. The van der Waals surface area contributed by atoms with E-state index in [1.54, 1.807) is 0 Å². The molecule has 1 aromatic carbocycles. The number of para-hydroxylation sites is 1. The molecule has 0 radical (unpaired) electrons. The number of aliphatic carboxylic acids is 1. The van der Waals surface area contributed by atoms with Crippen molar-refractivity contribution in [1.29, 1.82) is 0 Å². The summed E-state index contributed by atoms with van der Waals surface area (Å²) in [6, 6.07) is 7.88. The number of carboxylic acid groups (broad SMARTS) is 1. The molecule has 1 aliphatic carbocycles. The first kappa shape index (κ1) is 13.9. The highest BCUT2D eigenvalue weighted by atomic mass is 16.4. The summed E-state index contributed by atoms with van der Waals surface area (Å²) in [7, 11) is 0. The normalized spacial score (nSPS) is 25.8. The van der Waals surface area contributed by atoms with Crippen LogP contribution in [0, 0.1) is 12.3 Å². The van der Waals surface area contributed by atoms with Crippen LogP contribution in [0.1, 0.15) is 45.1 Å². The molecular weight excluding hydrogens is 238 g/mol. The smallest absolute Gasteiger partial charge is 0.329 e. The lowest BCUT2D eigenvalue weighted by Crippen LogP contribution is -2.51. The first-order chi connectivity index (χ1) is 8.85. The Balaban J connectivity index is 2.31. The minimum Gasteiger partial charge on any atom is -0.480 e. The molecule has 1 saturated carbocycles. The van der Waals surface area contributed by atoms with Gasteiger partial charge >= 0.3 is 5.97 Å². The van der Waals surface area contributed by atoms with Crippen LogP contribution in [-0.4, -0.2) is 16.6 Å². The van der Waals surface area contributed by atoms with Gasteiger partial charge in [0, 0.05) is 5.69 Å². The Morgan fingerprint density at radius 3 is 2.53 bits per heavy atom. The fourth-order valence-electron chi connectivity index (χ4n) is 3.18. The summed E-state index contributed by atoms with van der Waals surface area (Å²) >= 11 is 0. The SMILES string of the molecule is Cc1ccccc1NC1(C(=O)O)CCCC(C)(C)C1. The summed E-state index contributed by atoms with van der Waals surface area (Å²) in [4.78, 5) is 11.8. The Labute approximate surface area is 115 Å². The van der Waals surface area contributed by atoms with Crippen molar-refractivity contribution in [1.82, 2.24) is 0 Å². The number of anilines is 1. The maximum atomic E-state index is 11.8. The van der Waals surface area contributed by atoms with Gasteiger partial charge in [-0.25, -0.2) is 4.79 Å². The molecule has 0 amide bonds. The maximum absolute atomic E-state index is 11.8. The van der Waals surface area contributed by atoms with Gasteiger partial charge in [0.15, 0.2) is 0 Å². The highest BCUT2D eigenvalue weighted by Gasteiger charge is 2.45. The molecule has 3 heteroatoms. The molecular formula is C16H23NO2. The van der Waals surface area contributed by atoms with Crippen LogP contribution in [0.4, 0.5) is 5.69 Å². The van der Waals surface area contributed by atoms with Crippen LogP contribution in [0.15, 0.2) is 24.3 Å². The number of carbonyl (C=O) groups is 1. The summed E-state index contributed by atoms with van der Waals surface area (Å²) in [5, 5.41) is 13.0. The highest BCUT2D eigenvalue weighted by Crippen LogP contribution is 2.43. The van der Waals surface area contributed by atoms with Gasteiger partial charge in [0.05, 0.1) is 0 Å². The van der Waals surface area contributed by atoms with E-state index in [9.17, 15) is 9.90 Å². The molecule has 19 heavy (non-hydrogen) atoms. The van der Waals surface area contributed by atoms with E-state index < -0.39 is 11.5 Å². The zero-order valence-electron chi connectivity index (χ0n) is 12.0. The Hall–Kier alpha value is -1.51. The molecule has 3 nitrogen and oxygen atoms in total. The van der Waals surface area contributed by atoms with Crippen LogP contribution in [0.5, 0.6) is 0 Å². The Morgan fingerprint density at radius 1 is 1.26 bits per heavy atom. The first-order valence-electron chi connectivity index (χ1n) is 6.92. The van der Waals surface area contributed by atoms with Crippen molar-refractivity contribution >= 4 is 11.7 Å². The van der Waals surface area contributed by atoms with Crippen LogP contribution in [0.2, 0.25) is 0 Å². The minimum atomic E-state index is -0.826. The average molecular weight is 261 g/mol. The molecule has 0 saturated heterocycles. The van der Waals surface area contributed by atoms with Gasteiger partial charge < -0.3 is 10.4 Å². The van der Waals surface area contributed by atoms with Gasteiger partial charge in [-0.15, -0.1) is 0 Å². The zero-order valence-corrected chi connectivity index (χ0v) is 12.0. The molecule has 1 fully saturated rings. The number of rotatable bonds is 3. The highest BCUT2D eigenvalue weighted by molar-refractivity contribution is 5.83. The van der Waals surface area contributed by atoms with Crippen molar-refractivity contribution in [2.24, 2.45) is 5.41 Å². The van der Waals surface area contributed by atoms with Crippen LogP contribution in [0.3, 0.4) is 0 Å². The molecule has 0 aliphatic heterocycles. The number of nitrogens with one attached hydrogen (secondary N) is 1. The molecule has 1 aromatic rings. The average Bonchev–Trinajstić information content (AvgIpc) is 2.30. The summed E-state index contributed by atoms with van der Waals surface area (Å²) in [6.07, 6.45) is 3.42. The molecule has 0 bridgehead atoms. The fraction of sp³-hybridized carbons (Fsp3) is 0.562. The summed E-state index contributed by atoms with van der Waals surface area (Å²) < 4.78 is 0. The summed E-state index contributed by atoms with van der Waals surface area (Å²) in [5.41, 5.74) is 1.27. The molecule has 0 spiro atoms. The van der Waals surface area contributed by atoms with E-state index in [0.29, 0.717) is 12.8 Å². The van der Waals surface area contributed by atoms with Crippen molar-refractivity contribution in [3.63, 3.8) is 0 Å². The van der Waals surface area contributed by atoms with Gasteiger partial charge in [-0.2, -0.15) is 0 Å². The minimum absolute atomic E-state index is 0.0757. The Kier molecular flexibility index (Phi) is 3.57. The van der Waals surface area contributed by atoms with E-state index in [0.717, 1.165) is 24.1 Å². The number of carboxylic acids is 1. The maximum Gasteiger partial charge on any atom is 0.329 e. The van der Waals surface area contributed by atoms with Crippen molar-refractivity contribution in [2.75, 3.05) is 5.32 Å². The quantitative estimate of drug-likeness (QED) is 0.869. The van der Waals surface area contributed by atoms with Gasteiger partial charge in [0.25, 0.3) is 0 Å². The van der Waals surface area contributed by atoms with Gasteiger partial charge in [0.2, 0.25) is 0 Å². The van der Waals surface area contributed by atoms with E-state index in [-0.39, 0.29) is 5.41 Å². The van der Waals surface area contributed by atoms with E-state index >= 15 is 0 Å². The molecule has 1 unspecified atom stereocenters. The lowest BCUT2D eigenvalue weighted by atomic mass is 9.68. The lowest BCUT2D eigenvalue weighted by molar-refractivity contribution is -0.145. The van der Waals surface area contributed by atoms with Crippen LogP contribution < -0.4 is 5.32 Å². The van der Waals surface area contributed by atoms with E-state index in [1.165, 1.54) is 0 Å². The van der Waals surface area contributed by atoms with Crippen LogP contribution >= 0.6 is 0 Å². The predicted octanol–water partition coefficient (Wildman–Crippen LogP) is 3.83. The molecule has 0 aromatic heterocycles. The second kappa shape index (κ2) is 4.87. The topological polar surface area (TPSA) is 49.3 Å². The molecule has 104 valence electrons. The van der Waals surface area contributed by atoms with Crippen molar-refractivity contribution in [3.05, 3.63) is 29.8 Å². The zero-order chi connectivity index (χ0) is 14.1. The first-order valence-corrected chi connectivity index (χ1v) is 6.92.